The highest BCUT2D eigenvalue weighted by Gasteiger charge is 2.50. The lowest BCUT2D eigenvalue weighted by Crippen LogP contribution is -2.53. The summed E-state index contributed by atoms with van der Waals surface area (Å²) in [5.74, 6) is -0.881. The van der Waals surface area contributed by atoms with Crippen LogP contribution >= 0.6 is 0 Å². The number of amides is 1. The Morgan fingerprint density at radius 2 is 1.88 bits per heavy atom. The molecule has 34 heavy (non-hydrogen) atoms. The van der Waals surface area contributed by atoms with Crippen LogP contribution in [0.2, 0.25) is 0 Å². The number of pyridine rings is 1. The average Bonchev–Trinajstić information content (AvgIpc) is 3.20. The van der Waals surface area contributed by atoms with Gasteiger partial charge in [-0.1, -0.05) is 24.3 Å². The lowest BCUT2D eigenvalue weighted by atomic mass is 9.94. The summed E-state index contributed by atoms with van der Waals surface area (Å²) in [5, 5.41) is 0.926. The summed E-state index contributed by atoms with van der Waals surface area (Å²) in [4.78, 5) is 43.1. The average molecular weight is 469 g/mol. The molecule has 1 aliphatic heterocycles. The van der Waals surface area contributed by atoms with E-state index in [1.54, 1.807) is 39.8 Å². The molecule has 8 nitrogen and oxygen atoms in total. The number of ether oxygens (including phenoxy) is 3. The zero-order valence-electron chi connectivity index (χ0n) is 20.6. The van der Waals surface area contributed by atoms with Gasteiger partial charge in [-0.3, -0.25) is 9.69 Å². The van der Waals surface area contributed by atoms with Crippen molar-refractivity contribution in [3.8, 4) is 0 Å². The number of methoxy groups -OCH3 is 1. The summed E-state index contributed by atoms with van der Waals surface area (Å²) in [7, 11) is 1.31. The maximum absolute atomic E-state index is 12.9. The van der Waals surface area contributed by atoms with Crippen LogP contribution in [0.5, 0.6) is 0 Å². The van der Waals surface area contributed by atoms with Crippen LogP contribution in [0.4, 0.5) is 4.79 Å². The van der Waals surface area contributed by atoms with E-state index in [4.69, 9.17) is 14.2 Å². The molecule has 0 spiro atoms. The summed E-state index contributed by atoms with van der Waals surface area (Å²) in [5.41, 5.74) is 0.237. The Bertz CT molecular complexity index is 1120. The molecule has 1 aromatic heterocycles. The highest BCUT2D eigenvalue weighted by atomic mass is 16.6. The lowest BCUT2D eigenvalue weighted by Gasteiger charge is -2.34. The van der Waals surface area contributed by atoms with Gasteiger partial charge < -0.3 is 14.2 Å². The second-order valence-corrected chi connectivity index (χ2v) is 9.42. The van der Waals surface area contributed by atoms with Crippen molar-refractivity contribution in [1.82, 2.24) is 9.88 Å². The van der Waals surface area contributed by atoms with Crippen LogP contribution in [0, 0.1) is 0 Å². The van der Waals surface area contributed by atoms with Crippen LogP contribution in [0.25, 0.3) is 17.0 Å². The molecule has 182 valence electrons. The number of hydrogen-bond acceptors (Lipinski definition) is 7. The number of rotatable bonds is 5. The molecule has 2 aromatic rings. The maximum Gasteiger partial charge on any atom is 0.411 e. The fraction of sp³-hybridized carbons (Fsp3) is 0.462. The first-order valence-corrected chi connectivity index (χ1v) is 11.3. The summed E-state index contributed by atoms with van der Waals surface area (Å²) in [6.45, 7) is 8.89. The minimum absolute atomic E-state index is 0.370. The first-order valence-electron chi connectivity index (χ1n) is 11.3. The molecule has 0 aliphatic carbocycles. The van der Waals surface area contributed by atoms with Crippen LogP contribution in [0.15, 0.2) is 36.4 Å². The van der Waals surface area contributed by atoms with Gasteiger partial charge in [0, 0.05) is 18.9 Å². The van der Waals surface area contributed by atoms with E-state index in [2.05, 4.69) is 4.98 Å². The standard InChI is InChI=1S/C26H32N2O6/c1-17(33-18(2)29)21-11-10-20-9-8-19(16-22(20)27-21)12-14-26(23(30)32-6)13-7-15-28(26)24(31)34-25(3,4)5/h8-12,14,16-17H,7,13,15H2,1-6H3/t17-,26?/m1/s1. The Hall–Kier alpha value is -3.42. The molecule has 1 fully saturated rings. The molecule has 1 unspecified atom stereocenters. The number of carbonyl (C=O) groups excluding carboxylic acids is 3. The fourth-order valence-corrected chi connectivity index (χ4v) is 4.07. The number of nitrogens with zero attached hydrogens (tertiary/aromatic N) is 2. The van der Waals surface area contributed by atoms with Gasteiger partial charge in [0.15, 0.2) is 5.54 Å². The Morgan fingerprint density at radius 1 is 1.18 bits per heavy atom. The van der Waals surface area contributed by atoms with E-state index in [1.807, 2.05) is 30.3 Å². The number of carbonyl (C=O) groups is 3. The number of hydrogen-bond donors (Lipinski definition) is 0. The SMILES string of the molecule is COC(=O)C1(C=Cc2ccc3ccc([C@@H](C)OC(C)=O)nc3c2)CCCN1C(=O)OC(C)(C)C. The second-order valence-electron chi connectivity index (χ2n) is 9.42. The van der Waals surface area contributed by atoms with E-state index in [-0.39, 0.29) is 5.97 Å². The number of benzene rings is 1. The van der Waals surface area contributed by atoms with Gasteiger partial charge in [-0.2, -0.15) is 0 Å². The van der Waals surface area contributed by atoms with Gasteiger partial charge in [-0.05, 0) is 64.3 Å². The molecule has 2 atom stereocenters. The van der Waals surface area contributed by atoms with Crippen molar-refractivity contribution in [2.45, 2.75) is 64.7 Å². The van der Waals surface area contributed by atoms with Crippen LogP contribution < -0.4 is 0 Å². The largest absolute Gasteiger partial charge is 0.467 e. The molecule has 0 saturated carbocycles. The van der Waals surface area contributed by atoms with Crippen LogP contribution in [0.1, 0.15) is 64.8 Å². The topological polar surface area (TPSA) is 95.0 Å². The van der Waals surface area contributed by atoms with E-state index < -0.39 is 29.3 Å². The van der Waals surface area contributed by atoms with Crippen molar-refractivity contribution in [2.75, 3.05) is 13.7 Å². The van der Waals surface area contributed by atoms with Crippen molar-refractivity contribution in [3.63, 3.8) is 0 Å². The minimum Gasteiger partial charge on any atom is -0.467 e. The van der Waals surface area contributed by atoms with Crippen LogP contribution in [0.3, 0.4) is 0 Å². The Balaban J connectivity index is 1.94. The molecular weight excluding hydrogens is 436 g/mol. The normalized spacial score (nSPS) is 19.3. The highest BCUT2D eigenvalue weighted by Crippen LogP contribution is 2.34. The van der Waals surface area contributed by atoms with E-state index in [0.29, 0.717) is 25.1 Å². The lowest BCUT2D eigenvalue weighted by molar-refractivity contribution is -0.150. The predicted octanol–water partition coefficient (Wildman–Crippen LogP) is 4.81. The van der Waals surface area contributed by atoms with Gasteiger partial charge in [-0.15, -0.1) is 0 Å². The third kappa shape index (κ3) is 5.55. The summed E-state index contributed by atoms with van der Waals surface area (Å²) in [6.07, 6.45) is 3.57. The highest BCUT2D eigenvalue weighted by molar-refractivity contribution is 5.90. The van der Waals surface area contributed by atoms with Gasteiger partial charge in [0.25, 0.3) is 0 Å². The number of aromatic nitrogens is 1. The van der Waals surface area contributed by atoms with Gasteiger partial charge in [-0.25, -0.2) is 14.6 Å². The Kier molecular flexibility index (Phi) is 7.29. The number of likely N-dealkylation sites (tertiary alicyclic amines) is 1. The van der Waals surface area contributed by atoms with Crippen LogP contribution in [-0.4, -0.2) is 52.7 Å². The number of esters is 2. The van der Waals surface area contributed by atoms with Gasteiger partial charge in [0.1, 0.15) is 11.7 Å². The molecule has 0 N–H and O–H groups in total. The molecule has 1 aliphatic rings. The summed E-state index contributed by atoms with van der Waals surface area (Å²) in [6, 6.07) is 9.46. The van der Waals surface area contributed by atoms with E-state index >= 15 is 0 Å². The molecule has 0 radical (unpaired) electrons. The van der Waals surface area contributed by atoms with Gasteiger partial charge in [0.05, 0.1) is 18.3 Å². The molecule has 3 rings (SSSR count). The molecular formula is C26H32N2O6. The Labute approximate surface area is 199 Å². The van der Waals surface area contributed by atoms with Gasteiger partial charge >= 0.3 is 18.0 Å². The monoisotopic (exact) mass is 468 g/mol. The number of fused-ring (bicyclic) bond motifs is 1. The molecule has 0 bridgehead atoms. The molecule has 2 heterocycles. The zero-order chi connectivity index (χ0) is 25.1. The molecule has 1 aromatic carbocycles. The third-order valence-electron chi connectivity index (χ3n) is 5.62. The molecule has 1 saturated heterocycles. The summed E-state index contributed by atoms with van der Waals surface area (Å²) < 4.78 is 15.9. The second kappa shape index (κ2) is 9.83. The Morgan fingerprint density at radius 3 is 2.53 bits per heavy atom. The minimum atomic E-state index is -1.24. The predicted molar refractivity (Wildman–Crippen MR) is 128 cm³/mol. The smallest absolute Gasteiger partial charge is 0.411 e. The van der Waals surface area contributed by atoms with Crippen molar-refractivity contribution in [2.24, 2.45) is 0 Å². The fourth-order valence-electron chi connectivity index (χ4n) is 4.07. The van der Waals surface area contributed by atoms with E-state index in [0.717, 1.165) is 16.5 Å². The third-order valence-corrected chi connectivity index (χ3v) is 5.62. The summed E-state index contributed by atoms with van der Waals surface area (Å²) >= 11 is 0. The zero-order valence-corrected chi connectivity index (χ0v) is 20.6. The maximum atomic E-state index is 12.9. The van der Waals surface area contributed by atoms with Gasteiger partial charge in [0.2, 0.25) is 0 Å². The van der Waals surface area contributed by atoms with Crippen LogP contribution in [-0.2, 0) is 23.8 Å². The van der Waals surface area contributed by atoms with Crippen molar-refractivity contribution in [1.29, 1.82) is 0 Å². The first-order chi connectivity index (χ1) is 15.9. The van der Waals surface area contributed by atoms with E-state index in [1.165, 1.54) is 18.9 Å². The quantitative estimate of drug-likeness (QED) is 0.459. The molecule has 8 heteroatoms. The van der Waals surface area contributed by atoms with Crippen molar-refractivity contribution in [3.05, 3.63) is 47.7 Å². The molecule has 1 amide bonds. The van der Waals surface area contributed by atoms with Crippen molar-refractivity contribution >= 4 is 35.0 Å². The van der Waals surface area contributed by atoms with E-state index in [9.17, 15) is 14.4 Å². The van der Waals surface area contributed by atoms with Crippen molar-refractivity contribution < 1.29 is 28.6 Å². The first kappa shape index (κ1) is 25.2.